The number of benzene rings is 3. The molecular weight excluding hydrogens is 326 g/mol. The Morgan fingerprint density at radius 3 is 2.12 bits per heavy atom. The van der Waals surface area contributed by atoms with Crippen LogP contribution < -0.4 is 0 Å². The zero-order valence-corrected chi connectivity index (χ0v) is 15.6. The summed E-state index contributed by atoms with van der Waals surface area (Å²) in [6.07, 6.45) is 6.35. The van der Waals surface area contributed by atoms with Gasteiger partial charge in [0.25, 0.3) is 0 Å². The molecule has 26 heavy (non-hydrogen) atoms. The first kappa shape index (κ1) is 18.6. The SMILES string of the molecule is CCCCCc1ccc2cc(-c3ccc(CCC)cc3)c(F)c(F)c2c1. The molecule has 0 nitrogen and oxygen atoms in total. The van der Waals surface area contributed by atoms with Crippen LogP contribution in [0.3, 0.4) is 0 Å². The molecule has 0 aliphatic rings. The lowest BCUT2D eigenvalue weighted by Gasteiger charge is -2.10. The molecule has 0 bridgehead atoms. The molecule has 3 aromatic carbocycles. The number of hydrogen-bond acceptors (Lipinski definition) is 0. The van der Waals surface area contributed by atoms with Gasteiger partial charge in [0.2, 0.25) is 0 Å². The van der Waals surface area contributed by atoms with E-state index in [4.69, 9.17) is 0 Å². The molecule has 3 rings (SSSR count). The van der Waals surface area contributed by atoms with Crippen molar-refractivity contribution in [1.29, 1.82) is 0 Å². The van der Waals surface area contributed by atoms with Gasteiger partial charge in [-0.05, 0) is 53.5 Å². The van der Waals surface area contributed by atoms with Gasteiger partial charge in [-0.2, -0.15) is 0 Å². The van der Waals surface area contributed by atoms with E-state index in [0.717, 1.165) is 55.0 Å². The van der Waals surface area contributed by atoms with E-state index in [0.29, 0.717) is 10.9 Å². The molecule has 0 aliphatic carbocycles. The van der Waals surface area contributed by atoms with Crippen LogP contribution in [0, 0.1) is 11.6 Å². The van der Waals surface area contributed by atoms with Gasteiger partial charge in [0.05, 0.1) is 0 Å². The molecule has 0 radical (unpaired) electrons. The van der Waals surface area contributed by atoms with E-state index in [9.17, 15) is 8.78 Å². The van der Waals surface area contributed by atoms with Crippen LogP contribution in [0.25, 0.3) is 21.9 Å². The zero-order chi connectivity index (χ0) is 18.5. The molecule has 0 saturated heterocycles. The maximum Gasteiger partial charge on any atom is 0.167 e. The van der Waals surface area contributed by atoms with Gasteiger partial charge < -0.3 is 0 Å². The average Bonchev–Trinajstić information content (AvgIpc) is 2.66. The molecule has 3 aromatic rings. The van der Waals surface area contributed by atoms with Crippen molar-refractivity contribution in [3.05, 3.63) is 71.3 Å². The molecule has 2 heteroatoms. The van der Waals surface area contributed by atoms with Crippen molar-refractivity contribution in [2.75, 3.05) is 0 Å². The van der Waals surface area contributed by atoms with Crippen molar-refractivity contribution in [3.63, 3.8) is 0 Å². The second kappa shape index (κ2) is 8.44. The van der Waals surface area contributed by atoms with Crippen molar-refractivity contribution in [1.82, 2.24) is 0 Å². The Morgan fingerprint density at radius 1 is 0.692 bits per heavy atom. The summed E-state index contributed by atoms with van der Waals surface area (Å²) in [5, 5.41) is 1.12. The lowest BCUT2D eigenvalue weighted by molar-refractivity contribution is 0.519. The Labute approximate surface area is 154 Å². The number of rotatable bonds is 7. The third kappa shape index (κ3) is 3.95. The number of halogens is 2. The highest BCUT2D eigenvalue weighted by Gasteiger charge is 2.15. The fourth-order valence-corrected chi connectivity index (χ4v) is 3.46. The van der Waals surface area contributed by atoms with Crippen molar-refractivity contribution in [2.24, 2.45) is 0 Å². The summed E-state index contributed by atoms with van der Waals surface area (Å²) in [7, 11) is 0. The number of hydrogen-bond donors (Lipinski definition) is 0. The topological polar surface area (TPSA) is 0 Å². The Bertz CT molecular complexity index is 879. The van der Waals surface area contributed by atoms with Crippen LogP contribution >= 0.6 is 0 Å². The summed E-state index contributed by atoms with van der Waals surface area (Å²) < 4.78 is 29.5. The third-order valence-corrected chi connectivity index (χ3v) is 4.96. The van der Waals surface area contributed by atoms with Gasteiger partial charge in [0, 0.05) is 10.9 Å². The maximum atomic E-state index is 14.7. The normalized spacial score (nSPS) is 11.2. The Balaban J connectivity index is 1.97. The minimum absolute atomic E-state index is 0.330. The summed E-state index contributed by atoms with van der Waals surface area (Å²) >= 11 is 0. The first-order valence-electron chi connectivity index (χ1n) is 9.64. The first-order chi connectivity index (χ1) is 12.6. The zero-order valence-electron chi connectivity index (χ0n) is 15.6. The highest BCUT2D eigenvalue weighted by Crippen LogP contribution is 2.31. The van der Waals surface area contributed by atoms with E-state index in [1.54, 1.807) is 12.1 Å². The van der Waals surface area contributed by atoms with E-state index in [2.05, 4.69) is 13.8 Å². The van der Waals surface area contributed by atoms with Crippen LogP contribution in [-0.4, -0.2) is 0 Å². The van der Waals surface area contributed by atoms with Gasteiger partial charge in [-0.25, -0.2) is 8.78 Å². The van der Waals surface area contributed by atoms with Gasteiger partial charge in [0.15, 0.2) is 11.6 Å². The van der Waals surface area contributed by atoms with Crippen LogP contribution in [-0.2, 0) is 12.8 Å². The van der Waals surface area contributed by atoms with Crippen LogP contribution in [0.1, 0.15) is 50.7 Å². The van der Waals surface area contributed by atoms with Crippen molar-refractivity contribution in [3.8, 4) is 11.1 Å². The van der Waals surface area contributed by atoms with Crippen LogP contribution in [0.2, 0.25) is 0 Å². The summed E-state index contributed by atoms with van der Waals surface area (Å²) in [6.45, 7) is 4.29. The molecule has 0 aliphatic heterocycles. The molecule has 0 spiro atoms. The standard InChI is InChI=1S/C24H26F2/c1-3-5-6-8-18-11-14-20-16-22(24(26)23(25)21(20)15-18)19-12-9-17(7-4-2)10-13-19/h9-16H,3-8H2,1-2H3. The van der Waals surface area contributed by atoms with Crippen LogP contribution in [0.5, 0.6) is 0 Å². The molecule has 0 amide bonds. The van der Waals surface area contributed by atoms with Crippen molar-refractivity contribution in [2.45, 2.75) is 52.4 Å². The molecule has 0 aromatic heterocycles. The molecule has 0 fully saturated rings. The molecular formula is C24H26F2. The third-order valence-electron chi connectivity index (χ3n) is 4.96. The molecule has 0 N–H and O–H groups in total. The van der Waals surface area contributed by atoms with E-state index in [1.807, 2.05) is 36.4 Å². The fraction of sp³-hybridized carbons (Fsp3) is 0.333. The van der Waals surface area contributed by atoms with Crippen LogP contribution in [0.15, 0.2) is 48.5 Å². The monoisotopic (exact) mass is 352 g/mol. The van der Waals surface area contributed by atoms with E-state index in [1.165, 1.54) is 5.56 Å². The van der Waals surface area contributed by atoms with E-state index < -0.39 is 11.6 Å². The van der Waals surface area contributed by atoms with Gasteiger partial charge in [-0.15, -0.1) is 0 Å². The second-order valence-electron chi connectivity index (χ2n) is 7.01. The summed E-state index contributed by atoms with van der Waals surface area (Å²) in [6, 6.07) is 15.3. The number of unbranched alkanes of at least 4 members (excludes halogenated alkanes) is 2. The van der Waals surface area contributed by atoms with E-state index >= 15 is 0 Å². The Kier molecular flexibility index (Phi) is 6.03. The summed E-state index contributed by atoms with van der Waals surface area (Å²) in [5.74, 6) is -1.50. The minimum atomic E-state index is -0.758. The minimum Gasteiger partial charge on any atom is -0.203 e. The predicted octanol–water partition coefficient (Wildman–Crippen LogP) is 7.47. The maximum absolute atomic E-state index is 14.7. The van der Waals surface area contributed by atoms with Crippen molar-refractivity contribution < 1.29 is 8.78 Å². The number of fused-ring (bicyclic) bond motifs is 1. The van der Waals surface area contributed by atoms with Crippen molar-refractivity contribution >= 4 is 10.8 Å². The quantitative estimate of drug-likeness (QED) is 0.387. The first-order valence-corrected chi connectivity index (χ1v) is 9.64. The predicted molar refractivity (Wildman–Crippen MR) is 107 cm³/mol. The van der Waals surface area contributed by atoms with Gasteiger partial charge in [0.1, 0.15) is 0 Å². The van der Waals surface area contributed by atoms with Crippen LogP contribution in [0.4, 0.5) is 8.78 Å². The lowest BCUT2D eigenvalue weighted by Crippen LogP contribution is -1.94. The highest BCUT2D eigenvalue weighted by molar-refractivity contribution is 5.88. The van der Waals surface area contributed by atoms with E-state index in [-0.39, 0.29) is 0 Å². The summed E-state index contributed by atoms with van der Waals surface area (Å²) in [4.78, 5) is 0. The largest absolute Gasteiger partial charge is 0.203 e. The Hall–Kier alpha value is -2.22. The molecule has 0 atom stereocenters. The van der Waals surface area contributed by atoms with Gasteiger partial charge in [-0.3, -0.25) is 0 Å². The summed E-state index contributed by atoms with van der Waals surface area (Å²) in [5.41, 5.74) is 3.34. The van der Waals surface area contributed by atoms with Gasteiger partial charge >= 0.3 is 0 Å². The average molecular weight is 352 g/mol. The van der Waals surface area contributed by atoms with Gasteiger partial charge in [-0.1, -0.05) is 69.5 Å². The molecule has 0 unspecified atom stereocenters. The Morgan fingerprint density at radius 2 is 1.42 bits per heavy atom. The second-order valence-corrected chi connectivity index (χ2v) is 7.01. The lowest BCUT2D eigenvalue weighted by atomic mass is 9.96. The molecule has 0 heterocycles. The molecule has 136 valence electrons. The number of aryl methyl sites for hydroxylation is 2. The molecule has 0 saturated carbocycles. The highest BCUT2D eigenvalue weighted by atomic mass is 19.2. The fourth-order valence-electron chi connectivity index (χ4n) is 3.46. The smallest absolute Gasteiger partial charge is 0.167 e.